The maximum absolute atomic E-state index is 13.6. The topological polar surface area (TPSA) is 226 Å². The van der Waals surface area contributed by atoms with Crippen molar-refractivity contribution in [2.75, 3.05) is 19.5 Å². The van der Waals surface area contributed by atoms with Crippen LogP contribution in [0.25, 0.3) is 0 Å². The summed E-state index contributed by atoms with van der Waals surface area (Å²) in [5.41, 5.74) is -3.30. The van der Waals surface area contributed by atoms with Crippen LogP contribution in [0.1, 0.15) is 11.5 Å². The van der Waals surface area contributed by atoms with E-state index in [4.69, 9.17) is 9.47 Å². The smallest absolute Gasteiger partial charge is 0.391 e. The third kappa shape index (κ3) is 4.11. The van der Waals surface area contributed by atoms with Crippen molar-refractivity contribution in [2.24, 2.45) is 7.05 Å². The fraction of sp³-hybridized carbons (Fsp3) is 0.350. The number of phenols is 1. The molecular formula is C20H20N6O10S. The molecule has 4 N–H and O–H groups in total. The molecule has 0 spiro atoms. The van der Waals surface area contributed by atoms with Crippen molar-refractivity contribution in [3.8, 4) is 5.75 Å². The molecule has 0 radical (unpaired) electrons. The summed E-state index contributed by atoms with van der Waals surface area (Å²) in [4.78, 5) is 50.2. The quantitative estimate of drug-likeness (QED) is 0.0744. The first-order chi connectivity index (χ1) is 17.5. The van der Waals surface area contributed by atoms with Crippen LogP contribution in [0.15, 0.2) is 40.7 Å². The number of amides is 2. The van der Waals surface area contributed by atoms with Gasteiger partial charge in [-0.2, -0.15) is 0 Å². The number of hydroxylamine groups is 3. The zero-order valence-electron chi connectivity index (χ0n) is 19.2. The Labute approximate surface area is 211 Å². The van der Waals surface area contributed by atoms with Gasteiger partial charge in [-0.05, 0) is 28.1 Å². The van der Waals surface area contributed by atoms with Gasteiger partial charge in [0.2, 0.25) is 16.8 Å². The maximum atomic E-state index is 13.6. The molecule has 0 bridgehead atoms. The van der Waals surface area contributed by atoms with Gasteiger partial charge in [-0.1, -0.05) is 23.9 Å². The van der Waals surface area contributed by atoms with E-state index in [1.165, 1.54) is 28.9 Å². The first-order valence-electron chi connectivity index (χ1n) is 10.4. The van der Waals surface area contributed by atoms with Gasteiger partial charge in [0, 0.05) is 25.5 Å². The molecule has 17 heteroatoms. The van der Waals surface area contributed by atoms with E-state index >= 15 is 0 Å². The van der Waals surface area contributed by atoms with Crippen LogP contribution >= 0.6 is 11.8 Å². The van der Waals surface area contributed by atoms with E-state index < -0.39 is 58.6 Å². The first-order valence-corrected chi connectivity index (χ1v) is 11.4. The number of nitrogens with zero attached hydrogens (tertiary/aromatic N) is 5. The standard InChI is InChI=1S/C20H20N6O10S/c1-25-19(22-23-24-25)37-8-10-7-36-18-20(35-2,17(33)26(18,34)13(10)16(31)32)21-14(28)12(15(29)30)9-3-5-11(27)6-4-9/h3-6,12,18,27H,7-8H2,1-2H3,(H,21,28)(H,29,30)(H,31,32)/t12?,18-,20+,26?/m1/s1. The predicted octanol–water partition coefficient (Wildman–Crippen LogP) is -1.12. The predicted molar refractivity (Wildman–Crippen MR) is 119 cm³/mol. The number of hydrogen-bond donors (Lipinski definition) is 4. The lowest BCUT2D eigenvalue weighted by atomic mass is 9.91. The van der Waals surface area contributed by atoms with Gasteiger partial charge in [0.25, 0.3) is 6.23 Å². The van der Waals surface area contributed by atoms with Crippen LogP contribution < -0.4 is 5.32 Å². The molecule has 0 saturated carbocycles. The third-order valence-electron chi connectivity index (χ3n) is 5.91. The molecule has 4 rings (SSSR count). The number of phenolic OH excluding ortho intramolecular Hbond substituents is 1. The summed E-state index contributed by atoms with van der Waals surface area (Å²) >= 11 is 1.01. The first kappa shape index (κ1) is 26.2. The van der Waals surface area contributed by atoms with Crippen LogP contribution in [-0.4, -0.2) is 95.3 Å². The van der Waals surface area contributed by atoms with Crippen molar-refractivity contribution in [3.05, 3.63) is 46.3 Å². The van der Waals surface area contributed by atoms with Crippen LogP contribution in [0.3, 0.4) is 0 Å². The number of methoxy groups -OCH3 is 1. The largest absolute Gasteiger partial charge is 0.617 e. The summed E-state index contributed by atoms with van der Waals surface area (Å²) in [6, 6.07) is 4.73. The summed E-state index contributed by atoms with van der Waals surface area (Å²) in [6.45, 7) is -0.401. The number of rotatable bonds is 9. The number of aliphatic carboxylic acids is 2. The molecule has 16 nitrogen and oxygen atoms in total. The number of thioether (sulfide) groups is 1. The zero-order chi connectivity index (χ0) is 27.1. The van der Waals surface area contributed by atoms with Gasteiger partial charge in [0.15, 0.2) is 5.92 Å². The Bertz CT molecular complexity index is 1310. The molecular weight excluding hydrogens is 516 g/mol. The fourth-order valence-corrected chi connectivity index (χ4v) is 4.99. The number of carboxylic acids is 2. The van der Waals surface area contributed by atoms with Gasteiger partial charge < -0.3 is 35.3 Å². The molecule has 1 fully saturated rings. The Kier molecular flexibility index (Phi) is 6.74. The van der Waals surface area contributed by atoms with Crippen molar-refractivity contribution < 1.29 is 48.6 Å². The van der Waals surface area contributed by atoms with E-state index in [9.17, 15) is 39.7 Å². The molecule has 2 aliphatic rings. The van der Waals surface area contributed by atoms with Crippen molar-refractivity contribution in [1.29, 1.82) is 0 Å². The summed E-state index contributed by atoms with van der Waals surface area (Å²) in [6.07, 6.45) is -1.86. The van der Waals surface area contributed by atoms with E-state index in [0.29, 0.717) is 5.16 Å². The Morgan fingerprint density at radius 1 is 1.35 bits per heavy atom. The minimum Gasteiger partial charge on any atom is -0.617 e. The second kappa shape index (κ2) is 9.52. The highest BCUT2D eigenvalue weighted by molar-refractivity contribution is 7.99. The third-order valence-corrected chi connectivity index (χ3v) is 7.00. The lowest BCUT2D eigenvalue weighted by molar-refractivity contribution is -0.875. The van der Waals surface area contributed by atoms with Gasteiger partial charge >= 0.3 is 23.6 Å². The zero-order valence-corrected chi connectivity index (χ0v) is 20.0. The van der Waals surface area contributed by atoms with Gasteiger partial charge in [-0.25, -0.2) is 18.9 Å². The molecule has 196 valence electrons. The highest BCUT2D eigenvalue weighted by Gasteiger charge is 2.78. The minimum atomic E-state index is -2.45. The van der Waals surface area contributed by atoms with Crippen molar-refractivity contribution in [2.45, 2.75) is 23.0 Å². The second-order valence-corrected chi connectivity index (χ2v) is 8.99. The maximum Gasteiger partial charge on any atom is 0.391 e. The van der Waals surface area contributed by atoms with Crippen LogP contribution in [0, 0.1) is 5.21 Å². The average molecular weight is 536 g/mol. The van der Waals surface area contributed by atoms with Gasteiger partial charge in [-0.15, -0.1) is 5.10 Å². The lowest BCUT2D eigenvalue weighted by Gasteiger charge is -2.61. The number of hydrogen-bond acceptors (Lipinski definition) is 12. The molecule has 4 atom stereocenters. The number of carbonyl (C=O) groups is 4. The number of aromatic nitrogens is 4. The van der Waals surface area contributed by atoms with Crippen molar-refractivity contribution in [1.82, 2.24) is 25.5 Å². The Morgan fingerprint density at radius 3 is 2.57 bits per heavy atom. The molecule has 2 aliphatic heterocycles. The summed E-state index contributed by atoms with van der Waals surface area (Å²) in [5.74, 6) is -8.00. The SMILES string of the molecule is CO[C@@]1(NC(=O)C(C(=O)O)c2ccc(O)cc2)C(=O)[N+]2([O-])C(C(=O)O)=C(CSc3nnnn3C)CO[C@H]12. The normalized spacial score (nSPS) is 25.7. The fourth-order valence-electron chi connectivity index (χ4n) is 4.15. The minimum absolute atomic E-state index is 0.0105. The Hall–Kier alpha value is -3.90. The number of fused-ring (bicyclic) bond motifs is 1. The number of benzene rings is 1. The van der Waals surface area contributed by atoms with Gasteiger partial charge in [0.1, 0.15) is 5.75 Å². The van der Waals surface area contributed by atoms with Crippen LogP contribution in [0.4, 0.5) is 0 Å². The lowest BCUT2D eigenvalue weighted by Crippen LogP contribution is -2.89. The molecule has 3 heterocycles. The van der Waals surface area contributed by atoms with Crippen molar-refractivity contribution >= 4 is 35.5 Å². The Balaban J connectivity index is 1.63. The summed E-state index contributed by atoms with van der Waals surface area (Å²) in [5, 5.41) is 55.9. The van der Waals surface area contributed by atoms with E-state index in [-0.39, 0.29) is 22.6 Å². The number of β-lactam (4-membered cyclic amide) rings is 1. The highest BCUT2D eigenvalue weighted by atomic mass is 32.2. The number of aryl methyl sites for hydroxylation is 1. The van der Waals surface area contributed by atoms with Gasteiger partial charge in [0.05, 0.1) is 6.61 Å². The number of quaternary nitrogens is 1. The van der Waals surface area contributed by atoms with Gasteiger partial charge in [-0.3, -0.25) is 9.59 Å². The number of tetrazole rings is 1. The number of ether oxygens (including phenoxy) is 2. The van der Waals surface area contributed by atoms with E-state index in [2.05, 4.69) is 20.8 Å². The van der Waals surface area contributed by atoms with Crippen molar-refractivity contribution in [3.63, 3.8) is 0 Å². The molecule has 1 saturated heterocycles. The van der Waals surface area contributed by atoms with E-state index in [0.717, 1.165) is 18.9 Å². The molecule has 1 aromatic carbocycles. The molecule has 2 amide bonds. The van der Waals surface area contributed by atoms with E-state index in [1.54, 1.807) is 7.05 Å². The molecule has 0 aliphatic carbocycles. The number of nitrogens with one attached hydrogen (secondary N) is 1. The monoisotopic (exact) mass is 536 g/mol. The van der Waals surface area contributed by atoms with Crippen LogP contribution in [0.2, 0.25) is 0 Å². The Morgan fingerprint density at radius 2 is 2.03 bits per heavy atom. The average Bonchev–Trinajstić information content (AvgIpc) is 3.26. The summed E-state index contributed by atoms with van der Waals surface area (Å²) < 4.78 is 9.94. The molecule has 1 aromatic heterocycles. The number of carbonyl (C=O) groups excluding carboxylic acids is 2. The molecule has 2 aromatic rings. The molecule has 2 unspecified atom stereocenters. The second-order valence-electron chi connectivity index (χ2n) is 8.05. The van der Waals surface area contributed by atoms with Crippen LogP contribution in [-0.2, 0) is 35.7 Å². The number of carboxylic acid groups (broad SMARTS) is 2. The molecule has 37 heavy (non-hydrogen) atoms. The number of aromatic hydroxyl groups is 1. The van der Waals surface area contributed by atoms with Crippen LogP contribution in [0.5, 0.6) is 5.75 Å². The summed E-state index contributed by atoms with van der Waals surface area (Å²) in [7, 11) is 2.54. The highest BCUT2D eigenvalue weighted by Crippen LogP contribution is 2.48. The van der Waals surface area contributed by atoms with E-state index in [1.807, 2.05) is 0 Å².